The van der Waals surface area contributed by atoms with E-state index in [-0.39, 0.29) is 0 Å². The van der Waals surface area contributed by atoms with Crippen molar-refractivity contribution in [2.24, 2.45) is 5.73 Å². The quantitative estimate of drug-likeness (QED) is 0.616. The lowest BCUT2D eigenvalue weighted by Gasteiger charge is -2.27. The molecule has 1 atom stereocenters. The third kappa shape index (κ3) is 3.91. The van der Waals surface area contributed by atoms with Crippen molar-refractivity contribution in [3.8, 4) is 0 Å². The lowest BCUT2D eigenvalue weighted by atomic mass is 10.1. The van der Waals surface area contributed by atoms with E-state index < -0.39 is 33.2 Å². The van der Waals surface area contributed by atoms with Crippen molar-refractivity contribution < 1.29 is 19.2 Å². The molecule has 110 valence electrons. The number of nitrogens with zero attached hydrogens (tertiary/aromatic N) is 1. The molecule has 0 aliphatic heterocycles. The van der Waals surface area contributed by atoms with E-state index >= 15 is 0 Å². The maximum absolute atomic E-state index is 13.4. The minimum atomic E-state index is -1.11. The summed E-state index contributed by atoms with van der Waals surface area (Å²) in [5.74, 6) is -1.71. The highest BCUT2D eigenvalue weighted by molar-refractivity contribution is 7.99. The van der Waals surface area contributed by atoms with Gasteiger partial charge < -0.3 is 10.8 Å². The monoisotopic (exact) mass is 302 g/mol. The Bertz CT molecular complexity index is 536. The predicted molar refractivity (Wildman–Crippen MR) is 74.0 cm³/mol. The highest BCUT2D eigenvalue weighted by Crippen LogP contribution is 2.31. The fraction of sp³-hybridized carbons (Fsp3) is 0.417. The first-order valence-electron chi connectivity index (χ1n) is 5.70. The van der Waals surface area contributed by atoms with E-state index in [0.717, 1.165) is 12.1 Å². The van der Waals surface area contributed by atoms with Gasteiger partial charge in [-0.25, -0.2) is 0 Å². The van der Waals surface area contributed by atoms with Gasteiger partial charge in [0.25, 0.3) is 0 Å². The van der Waals surface area contributed by atoms with Crippen LogP contribution in [0.2, 0.25) is 0 Å². The number of benzene rings is 1. The Labute approximate surface area is 119 Å². The summed E-state index contributed by atoms with van der Waals surface area (Å²) >= 11 is 1.25. The lowest BCUT2D eigenvalue weighted by Crippen LogP contribution is -2.46. The van der Waals surface area contributed by atoms with Gasteiger partial charge in [-0.3, -0.25) is 14.9 Å². The molecule has 1 aromatic carbocycles. The Morgan fingerprint density at radius 3 is 2.65 bits per heavy atom. The van der Waals surface area contributed by atoms with Gasteiger partial charge in [0.05, 0.1) is 4.92 Å². The molecule has 0 unspecified atom stereocenters. The summed E-state index contributed by atoms with van der Waals surface area (Å²) in [6.45, 7) is 3.36. The first kappa shape index (κ1) is 16.4. The zero-order valence-electron chi connectivity index (χ0n) is 11.0. The van der Waals surface area contributed by atoms with E-state index in [9.17, 15) is 19.3 Å². The number of hydrogen-bond donors (Lipinski definition) is 2. The Balaban J connectivity index is 2.78. The van der Waals surface area contributed by atoms with Crippen LogP contribution in [0.15, 0.2) is 18.2 Å². The SMILES string of the molecule is CC(C)(SCc1ccc([N+](=O)[O-])c(F)c1)[C@H](N)C(=O)O. The molecule has 8 heteroatoms. The van der Waals surface area contributed by atoms with Gasteiger partial charge in [-0.05, 0) is 25.5 Å². The van der Waals surface area contributed by atoms with Crippen molar-refractivity contribution in [3.05, 3.63) is 39.7 Å². The number of nitro benzene ring substituents is 1. The van der Waals surface area contributed by atoms with Crippen molar-refractivity contribution in [1.29, 1.82) is 0 Å². The molecular formula is C12H15FN2O4S. The van der Waals surface area contributed by atoms with Gasteiger partial charge in [0.15, 0.2) is 0 Å². The van der Waals surface area contributed by atoms with Crippen LogP contribution in [0.3, 0.4) is 0 Å². The van der Waals surface area contributed by atoms with E-state index in [1.165, 1.54) is 17.8 Å². The van der Waals surface area contributed by atoms with E-state index in [4.69, 9.17) is 10.8 Å². The van der Waals surface area contributed by atoms with Crippen LogP contribution >= 0.6 is 11.8 Å². The smallest absolute Gasteiger partial charge is 0.321 e. The zero-order chi connectivity index (χ0) is 15.5. The molecule has 0 aromatic heterocycles. The minimum Gasteiger partial charge on any atom is -0.480 e. The fourth-order valence-electron chi connectivity index (χ4n) is 1.44. The van der Waals surface area contributed by atoms with Crippen molar-refractivity contribution >= 4 is 23.4 Å². The summed E-state index contributed by atoms with van der Waals surface area (Å²) in [6, 6.07) is 2.55. The van der Waals surface area contributed by atoms with E-state index in [1.807, 2.05) is 0 Å². The molecule has 3 N–H and O–H groups in total. The molecule has 0 saturated heterocycles. The molecule has 0 bridgehead atoms. The average Bonchev–Trinajstić information content (AvgIpc) is 2.35. The third-order valence-corrected chi connectivity index (χ3v) is 4.31. The van der Waals surface area contributed by atoms with Crippen LogP contribution in [0.25, 0.3) is 0 Å². The first-order valence-corrected chi connectivity index (χ1v) is 6.69. The molecular weight excluding hydrogens is 287 g/mol. The topological polar surface area (TPSA) is 106 Å². The number of thioether (sulfide) groups is 1. The van der Waals surface area contributed by atoms with Crippen LogP contribution in [0.5, 0.6) is 0 Å². The Hall–Kier alpha value is -1.67. The Kier molecular flexibility index (Phi) is 5.07. The van der Waals surface area contributed by atoms with E-state index in [2.05, 4.69) is 0 Å². The second kappa shape index (κ2) is 6.19. The number of nitro groups is 1. The van der Waals surface area contributed by atoms with Crippen LogP contribution in [0, 0.1) is 15.9 Å². The maximum atomic E-state index is 13.4. The van der Waals surface area contributed by atoms with Crippen LogP contribution in [-0.4, -0.2) is 26.8 Å². The summed E-state index contributed by atoms with van der Waals surface area (Å²) in [5.41, 5.74) is 5.52. The van der Waals surface area contributed by atoms with Crippen LogP contribution < -0.4 is 5.73 Å². The average molecular weight is 302 g/mol. The molecule has 0 heterocycles. The lowest BCUT2D eigenvalue weighted by molar-refractivity contribution is -0.387. The van der Waals surface area contributed by atoms with Crippen molar-refractivity contribution in [2.45, 2.75) is 30.4 Å². The summed E-state index contributed by atoms with van der Waals surface area (Å²) in [4.78, 5) is 20.6. The number of hydrogen-bond acceptors (Lipinski definition) is 5. The number of carboxylic acids is 1. The molecule has 0 radical (unpaired) electrons. The van der Waals surface area contributed by atoms with Crippen LogP contribution in [-0.2, 0) is 10.5 Å². The molecule has 1 rings (SSSR count). The minimum absolute atomic E-state index is 0.308. The van der Waals surface area contributed by atoms with Crippen LogP contribution in [0.4, 0.5) is 10.1 Å². The molecule has 0 aliphatic rings. The number of rotatable bonds is 6. The zero-order valence-corrected chi connectivity index (χ0v) is 11.8. The van der Waals surface area contributed by atoms with Gasteiger partial charge >= 0.3 is 11.7 Å². The molecule has 6 nitrogen and oxygen atoms in total. The third-order valence-electron chi connectivity index (χ3n) is 2.83. The van der Waals surface area contributed by atoms with Gasteiger partial charge in [0.2, 0.25) is 5.82 Å². The summed E-state index contributed by atoms with van der Waals surface area (Å²) in [7, 11) is 0. The number of carboxylic acid groups (broad SMARTS) is 1. The standard InChI is InChI=1S/C12H15FN2O4S/c1-12(2,10(14)11(16)17)20-6-7-3-4-9(15(18)19)8(13)5-7/h3-5,10H,6,14H2,1-2H3,(H,16,17)/t10-/m1/s1. The molecule has 0 spiro atoms. The number of halogens is 1. The van der Waals surface area contributed by atoms with E-state index in [0.29, 0.717) is 11.3 Å². The molecule has 0 fully saturated rings. The van der Waals surface area contributed by atoms with Gasteiger partial charge in [-0.2, -0.15) is 4.39 Å². The molecule has 0 amide bonds. The second-order valence-electron chi connectivity index (χ2n) is 4.75. The van der Waals surface area contributed by atoms with E-state index in [1.54, 1.807) is 13.8 Å². The molecule has 0 aliphatic carbocycles. The first-order chi connectivity index (χ1) is 9.15. The normalized spacial score (nSPS) is 13.0. The Morgan fingerprint density at radius 2 is 2.20 bits per heavy atom. The summed E-state index contributed by atoms with van der Waals surface area (Å²) in [6.07, 6.45) is 0. The predicted octanol–water partition coefficient (Wildman–Crippen LogP) is 2.16. The molecule has 0 saturated carbocycles. The van der Waals surface area contributed by atoms with Crippen molar-refractivity contribution in [3.63, 3.8) is 0 Å². The largest absolute Gasteiger partial charge is 0.480 e. The second-order valence-corrected chi connectivity index (χ2v) is 6.38. The molecule has 1 aromatic rings. The maximum Gasteiger partial charge on any atom is 0.321 e. The van der Waals surface area contributed by atoms with Gasteiger partial charge in [-0.15, -0.1) is 11.8 Å². The highest BCUT2D eigenvalue weighted by atomic mass is 32.2. The Morgan fingerprint density at radius 1 is 1.60 bits per heavy atom. The number of aliphatic carboxylic acids is 1. The van der Waals surface area contributed by atoms with Crippen molar-refractivity contribution in [2.75, 3.05) is 0 Å². The van der Waals surface area contributed by atoms with Gasteiger partial charge in [0, 0.05) is 16.6 Å². The van der Waals surface area contributed by atoms with Crippen molar-refractivity contribution in [1.82, 2.24) is 0 Å². The summed E-state index contributed by atoms with van der Waals surface area (Å²) in [5, 5.41) is 19.4. The highest BCUT2D eigenvalue weighted by Gasteiger charge is 2.32. The number of nitrogens with two attached hydrogens (primary N) is 1. The summed E-state index contributed by atoms with van der Waals surface area (Å²) < 4.78 is 12.7. The van der Waals surface area contributed by atoms with Gasteiger partial charge in [-0.1, -0.05) is 6.07 Å². The van der Waals surface area contributed by atoms with Gasteiger partial charge in [0.1, 0.15) is 6.04 Å². The fourth-order valence-corrected chi connectivity index (χ4v) is 2.44. The molecule has 20 heavy (non-hydrogen) atoms. The number of carbonyl (C=O) groups is 1. The van der Waals surface area contributed by atoms with Crippen LogP contribution in [0.1, 0.15) is 19.4 Å².